The van der Waals surface area contributed by atoms with E-state index in [1.54, 1.807) is 12.1 Å². The van der Waals surface area contributed by atoms with Gasteiger partial charge in [0.05, 0.1) is 12.3 Å². The first-order valence-corrected chi connectivity index (χ1v) is 8.33. The molecule has 24 heavy (non-hydrogen) atoms. The van der Waals surface area contributed by atoms with E-state index in [9.17, 15) is 9.59 Å². The molecule has 2 heterocycles. The van der Waals surface area contributed by atoms with Crippen LogP contribution in [0.5, 0.6) is 0 Å². The van der Waals surface area contributed by atoms with E-state index < -0.39 is 0 Å². The molecule has 1 aliphatic heterocycles. The molecule has 1 N–H and O–H groups in total. The Bertz CT molecular complexity index is 692. The Morgan fingerprint density at radius 1 is 1.25 bits per heavy atom. The number of nitrogens with one attached hydrogen (secondary N) is 1. The second-order valence-electron chi connectivity index (χ2n) is 6.14. The predicted molar refractivity (Wildman–Crippen MR) is 90.5 cm³/mol. The van der Waals surface area contributed by atoms with Gasteiger partial charge in [-0.2, -0.15) is 0 Å². The molecule has 3 rings (SSSR count). The highest BCUT2D eigenvalue weighted by molar-refractivity contribution is 5.91. The molecule has 5 heteroatoms. The van der Waals surface area contributed by atoms with Crippen molar-refractivity contribution in [2.24, 2.45) is 0 Å². The lowest BCUT2D eigenvalue weighted by Gasteiger charge is -2.25. The summed E-state index contributed by atoms with van der Waals surface area (Å²) in [6.07, 6.45) is 3.77. The maximum absolute atomic E-state index is 12.5. The number of benzene rings is 1. The summed E-state index contributed by atoms with van der Waals surface area (Å²) in [7, 11) is 0. The van der Waals surface area contributed by atoms with Crippen molar-refractivity contribution in [1.29, 1.82) is 0 Å². The first-order valence-electron chi connectivity index (χ1n) is 8.33. The number of carbonyl (C=O) groups excluding carboxylic acids is 2. The van der Waals surface area contributed by atoms with Crippen LogP contribution in [0, 0.1) is 6.92 Å². The minimum atomic E-state index is -0.288. The van der Waals surface area contributed by atoms with Crippen molar-refractivity contribution < 1.29 is 14.0 Å². The van der Waals surface area contributed by atoms with Crippen LogP contribution in [0.4, 0.5) is 0 Å². The minimum absolute atomic E-state index is 0.0813. The van der Waals surface area contributed by atoms with E-state index in [4.69, 9.17) is 4.42 Å². The highest BCUT2D eigenvalue weighted by Crippen LogP contribution is 2.32. The highest BCUT2D eigenvalue weighted by Gasteiger charge is 2.29. The van der Waals surface area contributed by atoms with Crippen LogP contribution in [0.25, 0.3) is 0 Å². The molecule has 0 aliphatic carbocycles. The maximum Gasteiger partial charge on any atom is 0.286 e. The molecule has 0 radical (unpaired) electrons. The van der Waals surface area contributed by atoms with Crippen LogP contribution >= 0.6 is 0 Å². The number of rotatable bonds is 5. The standard InChI is InChI=1S/C19H22N2O3/c1-14-6-8-15(9-7-14)16-4-2-12-21(16)18(22)10-11-20-19(23)17-5-3-13-24-17/h3,5-9,13,16H,2,4,10-12H2,1H3,(H,20,23). The van der Waals surface area contributed by atoms with Crippen molar-refractivity contribution in [2.75, 3.05) is 13.1 Å². The molecule has 0 bridgehead atoms. The molecule has 1 aromatic heterocycles. The number of nitrogens with zero attached hydrogens (tertiary/aromatic N) is 1. The highest BCUT2D eigenvalue weighted by atomic mass is 16.3. The molecule has 126 valence electrons. The van der Waals surface area contributed by atoms with Gasteiger partial charge in [-0.1, -0.05) is 29.8 Å². The van der Waals surface area contributed by atoms with Gasteiger partial charge in [0.25, 0.3) is 5.91 Å². The zero-order chi connectivity index (χ0) is 16.9. The average molecular weight is 326 g/mol. The molecule has 0 spiro atoms. The molecule has 1 atom stereocenters. The van der Waals surface area contributed by atoms with Crippen LogP contribution < -0.4 is 5.32 Å². The third kappa shape index (κ3) is 3.67. The number of hydrogen-bond acceptors (Lipinski definition) is 3. The predicted octanol–water partition coefficient (Wildman–Crippen LogP) is 3.07. The minimum Gasteiger partial charge on any atom is -0.459 e. The van der Waals surface area contributed by atoms with Crippen LogP contribution in [-0.4, -0.2) is 29.8 Å². The summed E-state index contributed by atoms with van der Waals surface area (Å²) in [5, 5.41) is 2.72. The molecular weight excluding hydrogens is 304 g/mol. The molecule has 1 fully saturated rings. The van der Waals surface area contributed by atoms with E-state index in [2.05, 4.69) is 36.5 Å². The van der Waals surface area contributed by atoms with Gasteiger partial charge in [0.2, 0.25) is 5.91 Å². The lowest BCUT2D eigenvalue weighted by atomic mass is 10.0. The van der Waals surface area contributed by atoms with Gasteiger partial charge in [-0.3, -0.25) is 9.59 Å². The largest absolute Gasteiger partial charge is 0.459 e. The van der Waals surface area contributed by atoms with Crippen molar-refractivity contribution in [3.8, 4) is 0 Å². The summed E-state index contributed by atoms with van der Waals surface area (Å²) in [6.45, 7) is 3.15. The average Bonchev–Trinajstić information content (AvgIpc) is 3.27. The second kappa shape index (κ2) is 7.34. The Morgan fingerprint density at radius 3 is 2.75 bits per heavy atom. The van der Waals surface area contributed by atoms with E-state index in [0.29, 0.717) is 13.0 Å². The third-order valence-corrected chi connectivity index (χ3v) is 4.40. The summed E-state index contributed by atoms with van der Waals surface area (Å²) in [5.74, 6) is 0.0586. The maximum atomic E-state index is 12.5. The molecule has 1 aliphatic rings. The fourth-order valence-electron chi connectivity index (χ4n) is 3.12. The van der Waals surface area contributed by atoms with Crippen LogP contribution in [-0.2, 0) is 4.79 Å². The third-order valence-electron chi connectivity index (χ3n) is 4.40. The Morgan fingerprint density at radius 2 is 2.04 bits per heavy atom. The molecule has 5 nitrogen and oxygen atoms in total. The second-order valence-corrected chi connectivity index (χ2v) is 6.14. The van der Waals surface area contributed by atoms with Crippen molar-refractivity contribution in [3.05, 3.63) is 59.5 Å². The molecule has 1 unspecified atom stereocenters. The topological polar surface area (TPSA) is 62.6 Å². The fourth-order valence-corrected chi connectivity index (χ4v) is 3.12. The SMILES string of the molecule is Cc1ccc(C2CCCN2C(=O)CCNC(=O)c2ccco2)cc1. The molecule has 1 saturated heterocycles. The fraction of sp³-hybridized carbons (Fsp3) is 0.368. The van der Waals surface area contributed by atoms with E-state index in [0.717, 1.165) is 19.4 Å². The van der Waals surface area contributed by atoms with Gasteiger partial charge in [0.15, 0.2) is 5.76 Å². The zero-order valence-corrected chi connectivity index (χ0v) is 13.8. The van der Waals surface area contributed by atoms with Gasteiger partial charge in [-0.25, -0.2) is 0 Å². The van der Waals surface area contributed by atoms with Gasteiger partial charge in [0.1, 0.15) is 0 Å². The zero-order valence-electron chi connectivity index (χ0n) is 13.8. The summed E-state index contributed by atoms with van der Waals surface area (Å²) in [4.78, 5) is 26.2. The molecule has 0 saturated carbocycles. The number of carbonyl (C=O) groups is 2. The lowest BCUT2D eigenvalue weighted by Crippen LogP contribution is -2.34. The normalized spacial score (nSPS) is 17.0. The Balaban J connectivity index is 1.54. The van der Waals surface area contributed by atoms with Crippen LogP contribution in [0.3, 0.4) is 0 Å². The van der Waals surface area contributed by atoms with Gasteiger partial charge < -0.3 is 14.6 Å². The van der Waals surface area contributed by atoms with E-state index in [1.165, 1.54) is 17.4 Å². The Hall–Kier alpha value is -2.56. The summed E-state index contributed by atoms with van der Waals surface area (Å²) in [5.41, 5.74) is 2.40. The summed E-state index contributed by atoms with van der Waals surface area (Å²) < 4.78 is 5.03. The van der Waals surface area contributed by atoms with Gasteiger partial charge >= 0.3 is 0 Å². The number of hydrogen-bond donors (Lipinski definition) is 1. The van der Waals surface area contributed by atoms with E-state index in [1.807, 2.05) is 4.90 Å². The number of amides is 2. The van der Waals surface area contributed by atoms with E-state index in [-0.39, 0.29) is 23.6 Å². The summed E-state index contributed by atoms with van der Waals surface area (Å²) >= 11 is 0. The first-order chi connectivity index (χ1) is 11.6. The first kappa shape index (κ1) is 16.3. The Labute approximate surface area is 141 Å². The van der Waals surface area contributed by atoms with Crippen molar-refractivity contribution in [2.45, 2.75) is 32.2 Å². The number of aryl methyl sites for hydroxylation is 1. The van der Waals surface area contributed by atoms with Crippen LogP contribution in [0.1, 0.15) is 47.0 Å². The summed E-state index contributed by atoms with van der Waals surface area (Å²) in [6, 6.07) is 11.8. The van der Waals surface area contributed by atoms with Crippen molar-refractivity contribution in [3.63, 3.8) is 0 Å². The van der Waals surface area contributed by atoms with Crippen LogP contribution in [0.15, 0.2) is 47.1 Å². The van der Waals surface area contributed by atoms with Gasteiger partial charge in [-0.15, -0.1) is 0 Å². The smallest absolute Gasteiger partial charge is 0.286 e. The number of furan rings is 1. The van der Waals surface area contributed by atoms with Gasteiger partial charge in [0, 0.05) is 19.5 Å². The number of likely N-dealkylation sites (tertiary alicyclic amines) is 1. The lowest BCUT2D eigenvalue weighted by molar-refractivity contribution is -0.132. The molecule has 1 aromatic carbocycles. The monoisotopic (exact) mass is 326 g/mol. The van der Waals surface area contributed by atoms with Gasteiger partial charge in [-0.05, 0) is 37.5 Å². The van der Waals surface area contributed by atoms with Crippen molar-refractivity contribution >= 4 is 11.8 Å². The van der Waals surface area contributed by atoms with E-state index >= 15 is 0 Å². The molecule has 2 aromatic rings. The van der Waals surface area contributed by atoms with Crippen molar-refractivity contribution in [1.82, 2.24) is 10.2 Å². The quantitative estimate of drug-likeness (QED) is 0.918. The Kier molecular flexibility index (Phi) is 4.99. The van der Waals surface area contributed by atoms with Crippen LogP contribution in [0.2, 0.25) is 0 Å². The molecular formula is C19H22N2O3. The molecule has 2 amide bonds.